The van der Waals surface area contributed by atoms with Gasteiger partial charge in [-0.1, -0.05) is 25.6 Å². The zero-order valence-electron chi connectivity index (χ0n) is 18.3. The number of fused-ring (bicyclic) bond motifs is 1. The molecular formula is C21H29BrN2O5S2. The Bertz CT molecular complexity index is 963. The lowest BCUT2D eigenvalue weighted by atomic mass is 10.0. The molecule has 0 aromatic heterocycles. The molecule has 2 heterocycles. The number of hydrogen-bond donors (Lipinski definition) is 0. The molecule has 1 aromatic carbocycles. The lowest BCUT2D eigenvalue weighted by Crippen LogP contribution is -2.38. The van der Waals surface area contributed by atoms with Crippen LogP contribution in [0.3, 0.4) is 0 Å². The van der Waals surface area contributed by atoms with Crippen LogP contribution < -0.4 is 14.4 Å². The van der Waals surface area contributed by atoms with Crippen LogP contribution >= 0.6 is 27.7 Å². The number of ether oxygens (including phenoxy) is 2. The van der Waals surface area contributed by atoms with E-state index in [9.17, 15) is 13.2 Å². The van der Waals surface area contributed by atoms with Crippen molar-refractivity contribution in [3.05, 3.63) is 16.6 Å². The molecule has 0 radical (unpaired) electrons. The molecule has 31 heavy (non-hydrogen) atoms. The first-order valence-electron chi connectivity index (χ1n) is 10.6. The second kappa shape index (κ2) is 10.1. The molecule has 2 fully saturated rings. The third-order valence-corrected chi connectivity index (χ3v) is 9.32. The highest BCUT2D eigenvalue weighted by Gasteiger charge is 2.50. The Labute approximate surface area is 197 Å². The maximum Gasteiger partial charge on any atom is 0.251 e. The number of thioether (sulfide) groups is 1. The molecule has 10 heteroatoms. The van der Waals surface area contributed by atoms with E-state index in [1.165, 1.54) is 11.8 Å². The Morgan fingerprint density at radius 1 is 1.16 bits per heavy atom. The monoisotopic (exact) mass is 532 g/mol. The summed E-state index contributed by atoms with van der Waals surface area (Å²) < 4.78 is 36.9. The quantitative estimate of drug-likeness (QED) is 0.493. The van der Waals surface area contributed by atoms with E-state index in [4.69, 9.17) is 9.47 Å². The lowest BCUT2D eigenvalue weighted by Gasteiger charge is -2.27. The minimum atomic E-state index is -3.15. The molecule has 1 amide bonds. The van der Waals surface area contributed by atoms with Gasteiger partial charge in [-0.05, 0) is 42.6 Å². The number of aliphatic imine (C=N–C) groups is 1. The number of anilines is 1. The van der Waals surface area contributed by atoms with E-state index in [1.54, 1.807) is 0 Å². The third kappa shape index (κ3) is 5.22. The minimum Gasteiger partial charge on any atom is -0.490 e. The molecule has 2 aliphatic rings. The van der Waals surface area contributed by atoms with Crippen LogP contribution in [0.2, 0.25) is 0 Å². The predicted molar refractivity (Wildman–Crippen MR) is 129 cm³/mol. The van der Waals surface area contributed by atoms with E-state index in [0.717, 1.165) is 23.0 Å². The number of hydrogen-bond acceptors (Lipinski definition) is 6. The number of halogens is 1. The van der Waals surface area contributed by atoms with Gasteiger partial charge in [0.2, 0.25) is 0 Å². The second-order valence-corrected chi connectivity index (χ2v) is 11.7. The van der Waals surface area contributed by atoms with Crippen molar-refractivity contribution >= 4 is 54.3 Å². The zero-order chi connectivity index (χ0) is 22.8. The van der Waals surface area contributed by atoms with Gasteiger partial charge in [-0.25, -0.2) is 8.42 Å². The van der Waals surface area contributed by atoms with Crippen LogP contribution in [0.25, 0.3) is 0 Å². The summed E-state index contributed by atoms with van der Waals surface area (Å²) in [6, 6.07) is 3.38. The summed E-state index contributed by atoms with van der Waals surface area (Å²) in [5.74, 6) is 1.00. The fraction of sp³-hybridized carbons (Fsp3) is 0.619. The van der Waals surface area contributed by atoms with Crippen LogP contribution in [0.1, 0.15) is 40.5 Å². The number of carbonyl (C=O) groups is 1. The van der Waals surface area contributed by atoms with E-state index in [1.807, 2.05) is 44.7 Å². The van der Waals surface area contributed by atoms with Crippen molar-refractivity contribution < 1.29 is 22.7 Å². The number of amidine groups is 1. The highest BCUT2D eigenvalue weighted by molar-refractivity contribution is 9.10. The number of benzene rings is 1. The normalized spacial score (nSPS) is 23.4. The molecule has 0 unspecified atom stereocenters. The first-order chi connectivity index (χ1) is 14.7. The predicted octanol–water partition coefficient (Wildman–Crippen LogP) is 4.28. The molecule has 0 N–H and O–H groups in total. The van der Waals surface area contributed by atoms with Gasteiger partial charge in [0.1, 0.15) is 0 Å². The van der Waals surface area contributed by atoms with Gasteiger partial charge in [0, 0.05) is 27.8 Å². The molecule has 0 spiro atoms. The molecule has 7 nitrogen and oxygen atoms in total. The van der Waals surface area contributed by atoms with Gasteiger partial charge >= 0.3 is 0 Å². The van der Waals surface area contributed by atoms with Gasteiger partial charge in [-0.3, -0.25) is 4.79 Å². The summed E-state index contributed by atoms with van der Waals surface area (Å²) in [6.45, 7) is 8.70. The van der Waals surface area contributed by atoms with Crippen LogP contribution in [0.5, 0.6) is 11.5 Å². The molecule has 0 bridgehead atoms. The van der Waals surface area contributed by atoms with Gasteiger partial charge < -0.3 is 14.4 Å². The summed E-state index contributed by atoms with van der Waals surface area (Å²) >= 11 is 4.99. The van der Waals surface area contributed by atoms with Crippen LogP contribution in [0.15, 0.2) is 21.6 Å². The van der Waals surface area contributed by atoms with Crippen LogP contribution in [0, 0.1) is 5.92 Å². The van der Waals surface area contributed by atoms with Crippen molar-refractivity contribution in [3.63, 3.8) is 0 Å². The van der Waals surface area contributed by atoms with Gasteiger partial charge in [0.05, 0.1) is 36.4 Å². The van der Waals surface area contributed by atoms with Crippen molar-refractivity contribution in [2.75, 3.05) is 29.6 Å². The maximum atomic E-state index is 12.8. The standard InChI is InChI=1S/C21H29BrN2O5S2/c1-5-13(6-2)20(25)23-21-24(16-11-31(26,27)12-19(16)30-21)15-10-18(29-8-4)17(28-7-3)9-14(15)22/h9-10,13,16,19H,5-8,11-12H2,1-4H3/t16-,19+/m0/s1. The molecule has 2 aliphatic heterocycles. The first kappa shape index (κ1) is 24.4. The van der Waals surface area contributed by atoms with Crippen LogP contribution in [-0.2, 0) is 14.6 Å². The number of nitrogens with zero attached hydrogens (tertiary/aromatic N) is 2. The number of sulfone groups is 1. The topological polar surface area (TPSA) is 85.3 Å². The lowest BCUT2D eigenvalue weighted by molar-refractivity contribution is -0.121. The Kier molecular flexibility index (Phi) is 7.96. The van der Waals surface area contributed by atoms with Crippen LogP contribution in [0.4, 0.5) is 5.69 Å². The largest absolute Gasteiger partial charge is 0.490 e. The summed E-state index contributed by atoms with van der Waals surface area (Å²) in [7, 11) is -3.15. The van der Waals surface area contributed by atoms with Crippen molar-refractivity contribution in [2.45, 2.75) is 51.8 Å². The van der Waals surface area contributed by atoms with Crippen molar-refractivity contribution in [1.82, 2.24) is 0 Å². The average molecular weight is 534 g/mol. The fourth-order valence-corrected chi connectivity index (χ4v) is 8.34. The Hall–Kier alpha value is -1.26. The Morgan fingerprint density at radius 3 is 2.35 bits per heavy atom. The van der Waals surface area contributed by atoms with E-state index in [2.05, 4.69) is 20.9 Å². The third-order valence-electron chi connectivity index (χ3n) is 5.48. The van der Waals surface area contributed by atoms with Crippen molar-refractivity contribution in [1.29, 1.82) is 0 Å². The number of rotatable bonds is 8. The van der Waals surface area contributed by atoms with E-state index < -0.39 is 9.84 Å². The molecular weight excluding hydrogens is 504 g/mol. The molecule has 1 aromatic rings. The smallest absolute Gasteiger partial charge is 0.251 e. The van der Waals surface area contributed by atoms with E-state index >= 15 is 0 Å². The molecule has 2 saturated heterocycles. The molecule has 2 atom stereocenters. The summed E-state index contributed by atoms with van der Waals surface area (Å²) in [5.41, 5.74) is 0.722. The minimum absolute atomic E-state index is 0.0342. The fourth-order valence-electron chi connectivity index (χ4n) is 3.92. The zero-order valence-corrected chi connectivity index (χ0v) is 21.5. The number of amides is 1. The Balaban J connectivity index is 2.09. The van der Waals surface area contributed by atoms with Gasteiger partial charge in [-0.2, -0.15) is 4.99 Å². The molecule has 0 aliphatic carbocycles. The van der Waals surface area contributed by atoms with Gasteiger partial charge in [0.15, 0.2) is 26.5 Å². The van der Waals surface area contributed by atoms with E-state index in [-0.39, 0.29) is 34.6 Å². The van der Waals surface area contributed by atoms with Crippen LogP contribution in [-0.4, -0.2) is 55.5 Å². The van der Waals surface area contributed by atoms with E-state index in [0.29, 0.717) is 29.9 Å². The summed E-state index contributed by atoms with van der Waals surface area (Å²) in [5, 5.41) is 0.390. The summed E-state index contributed by atoms with van der Waals surface area (Å²) in [4.78, 5) is 19.1. The average Bonchev–Trinajstić information content (AvgIpc) is 3.16. The van der Waals surface area contributed by atoms with Crippen molar-refractivity contribution in [2.24, 2.45) is 10.9 Å². The highest BCUT2D eigenvalue weighted by atomic mass is 79.9. The van der Waals surface area contributed by atoms with Gasteiger partial charge in [0.25, 0.3) is 5.91 Å². The molecule has 172 valence electrons. The molecule has 3 rings (SSSR count). The number of carbonyl (C=O) groups excluding carboxylic acids is 1. The summed E-state index contributed by atoms with van der Waals surface area (Å²) in [6.07, 6.45) is 1.44. The maximum absolute atomic E-state index is 12.8. The first-order valence-corrected chi connectivity index (χ1v) is 14.1. The Morgan fingerprint density at radius 2 is 1.77 bits per heavy atom. The second-order valence-electron chi connectivity index (χ2n) is 7.53. The molecule has 0 saturated carbocycles. The van der Waals surface area contributed by atoms with Crippen molar-refractivity contribution in [3.8, 4) is 11.5 Å². The SMILES string of the molecule is CCOc1cc(Br)c(N2C(=NC(=O)C(CC)CC)S[C@@H]3CS(=O)(=O)C[C@@H]32)cc1OCC. The van der Waals surface area contributed by atoms with Gasteiger partial charge in [-0.15, -0.1) is 0 Å². The highest BCUT2D eigenvalue weighted by Crippen LogP contribution is 2.46.